The Morgan fingerprint density at radius 3 is 2.41 bits per heavy atom. The normalized spacial score (nSPS) is 15.0. The van der Waals surface area contributed by atoms with Crippen LogP contribution in [0.5, 0.6) is 0 Å². The molecular weight excluding hydrogens is 276 g/mol. The molecule has 3 N–H and O–H groups in total. The first-order valence-corrected chi connectivity index (χ1v) is 7.95. The molecule has 0 spiro atoms. The van der Waals surface area contributed by atoms with E-state index in [2.05, 4.69) is 10.3 Å². The van der Waals surface area contributed by atoms with Crippen LogP contribution >= 0.6 is 0 Å². The minimum atomic E-state index is 0.00686. The topological polar surface area (TPSA) is 71.2 Å². The second kappa shape index (κ2) is 9.82. The van der Waals surface area contributed by atoms with Crippen LogP contribution in [0.2, 0.25) is 0 Å². The third kappa shape index (κ3) is 4.76. The molecule has 2 heterocycles. The molecule has 1 amide bonds. The van der Waals surface area contributed by atoms with Crippen molar-refractivity contribution >= 4 is 11.7 Å². The van der Waals surface area contributed by atoms with Crippen molar-refractivity contribution in [2.24, 2.45) is 0 Å². The Morgan fingerprint density at radius 1 is 1.27 bits per heavy atom. The van der Waals surface area contributed by atoms with Gasteiger partial charge < -0.3 is 16.0 Å². The van der Waals surface area contributed by atoms with E-state index in [1.54, 1.807) is 6.20 Å². The number of aromatic nitrogens is 1. The van der Waals surface area contributed by atoms with E-state index < -0.39 is 0 Å². The van der Waals surface area contributed by atoms with E-state index in [1.807, 2.05) is 65.5 Å². The van der Waals surface area contributed by atoms with Crippen LogP contribution in [-0.4, -0.2) is 22.3 Å². The highest BCUT2D eigenvalue weighted by Crippen LogP contribution is 2.28. The maximum absolute atomic E-state index is 11.6. The van der Waals surface area contributed by atoms with Gasteiger partial charge in [-0.25, -0.2) is 4.98 Å². The van der Waals surface area contributed by atoms with Crippen molar-refractivity contribution in [2.75, 3.05) is 12.3 Å². The third-order valence-corrected chi connectivity index (χ3v) is 3.40. The molecule has 1 aromatic rings. The molecule has 22 heavy (non-hydrogen) atoms. The summed E-state index contributed by atoms with van der Waals surface area (Å²) in [4.78, 5) is 17.8. The molecule has 0 fully saturated rings. The number of anilines is 1. The summed E-state index contributed by atoms with van der Waals surface area (Å²) >= 11 is 0. The number of hydrogen-bond donors (Lipinski definition) is 2. The molecule has 0 aliphatic carbocycles. The van der Waals surface area contributed by atoms with Crippen molar-refractivity contribution in [1.29, 1.82) is 0 Å². The van der Waals surface area contributed by atoms with Crippen LogP contribution in [0.15, 0.2) is 29.7 Å². The molecule has 124 valence electrons. The summed E-state index contributed by atoms with van der Waals surface area (Å²) in [5.41, 5.74) is 8.78. The third-order valence-electron chi connectivity index (χ3n) is 3.40. The van der Waals surface area contributed by atoms with E-state index >= 15 is 0 Å². The van der Waals surface area contributed by atoms with Gasteiger partial charge in [-0.05, 0) is 26.8 Å². The predicted molar refractivity (Wildman–Crippen MR) is 93.0 cm³/mol. The Bertz CT molecular complexity index is 511. The maximum atomic E-state index is 11.6. The van der Waals surface area contributed by atoms with E-state index in [-0.39, 0.29) is 11.9 Å². The minimum Gasteiger partial charge on any atom is -0.383 e. The van der Waals surface area contributed by atoms with Gasteiger partial charge in [0.2, 0.25) is 5.91 Å². The first kappa shape index (κ1) is 20.0. The lowest BCUT2D eigenvalue weighted by molar-refractivity contribution is -0.122. The van der Waals surface area contributed by atoms with E-state index in [1.165, 1.54) is 0 Å². The monoisotopic (exact) mass is 306 g/mol. The van der Waals surface area contributed by atoms with Crippen molar-refractivity contribution in [3.8, 4) is 0 Å². The predicted octanol–water partition coefficient (Wildman–Crippen LogP) is 3.46. The average Bonchev–Trinajstić information content (AvgIpc) is 2.54. The van der Waals surface area contributed by atoms with Gasteiger partial charge in [-0.2, -0.15) is 0 Å². The summed E-state index contributed by atoms with van der Waals surface area (Å²) in [6.07, 6.45) is 1.67. The molecule has 1 aromatic heterocycles. The molecule has 0 aromatic carbocycles. The highest BCUT2D eigenvalue weighted by molar-refractivity contribution is 5.81. The number of hydrogen-bond acceptors (Lipinski definition) is 4. The summed E-state index contributed by atoms with van der Waals surface area (Å²) in [5, 5.41) is 2.83. The van der Waals surface area contributed by atoms with E-state index in [9.17, 15) is 4.79 Å². The van der Waals surface area contributed by atoms with Crippen LogP contribution in [0.1, 0.15) is 60.1 Å². The number of rotatable bonds is 2. The zero-order valence-corrected chi connectivity index (χ0v) is 14.9. The summed E-state index contributed by atoms with van der Waals surface area (Å²) in [6.45, 7) is 14.3. The number of allylic oxidation sites excluding steroid dienone is 2. The summed E-state index contributed by atoms with van der Waals surface area (Å²) < 4.78 is 0. The smallest absolute Gasteiger partial charge is 0.243 e. The van der Waals surface area contributed by atoms with Gasteiger partial charge in [0.25, 0.3) is 0 Å². The van der Waals surface area contributed by atoms with Crippen LogP contribution in [0.3, 0.4) is 0 Å². The van der Waals surface area contributed by atoms with Crippen molar-refractivity contribution < 1.29 is 4.79 Å². The van der Waals surface area contributed by atoms with Crippen LogP contribution in [0, 0.1) is 0 Å². The maximum Gasteiger partial charge on any atom is 0.243 e. The Hall–Kier alpha value is -2.04. The molecule has 5 heteroatoms. The zero-order chi connectivity index (χ0) is 17.3. The molecule has 1 unspecified atom stereocenters. The molecule has 0 bridgehead atoms. The number of nitrogens with zero attached hydrogens (tertiary/aromatic N) is 2. The largest absolute Gasteiger partial charge is 0.383 e. The van der Waals surface area contributed by atoms with Gasteiger partial charge in [-0.1, -0.05) is 33.8 Å². The quantitative estimate of drug-likeness (QED) is 0.877. The van der Waals surface area contributed by atoms with Crippen LogP contribution in [-0.2, 0) is 4.79 Å². The van der Waals surface area contributed by atoms with E-state index in [0.717, 1.165) is 17.0 Å². The van der Waals surface area contributed by atoms with Crippen molar-refractivity contribution in [3.05, 3.63) is 35.3 Å². The highest BCUT2D eigenvalue weighted by atomic mass is 16.2. The highest BCUT2D eigenvalue weighted by Gasteiger charge is 2.25. The van der Waals surface area contributed by atoms with Gasteiger partial charge in [0.15, 0.2) is 0 Å². The molecule has 0 radical (unpaired) electrons. The summed E-state index contributed by atoms with van der Waals surface area (Å²) in [5.74, 6) is 0.522. The second-order valence-corrected chi connectivity index (χ2v) is 4.54. The number of nitrogen functional groups attached to an aromatic ring is 1. The van der Waals surface area contributed by atoms with E-state index in [4.69, 9.17) is 5.73 Å². The van der Waals surface area contributed by atoms with Crippen LogP contribution < -0.4 is 11.1 Å². The lowest BCUT2D eigenvalue weighted by Gasteiger charge is -2.36. The van der Waals surface area contributed by atoms with Gasteiger partial charge in [0.05, 0.1) is 12.6 Å². The minimum absolute atomic E-state index is 0.00686. The second-order valence-electron chi connectivity index (χ2n) is 4.54. The van der Waals surface area contributed by atoms with Gasteiger partial charge in [0.1, 0.15) is 5.82 Å². The van der Waals surface area contributed by atoms with Crippen molar-refractivity contribution in [1.82, 2.24) is 15.2 Å². The summed E-state index contributed by atoms with van der Waals surface area (Å²) in [7, 11) is 0. The van der Waals surface area contributed by atoms with Crippen molar-refractivity contribution in [3.63, 3.8) is 0 Å². The van der Waals surface area contributed by atoms with Gasteiger partial charge in [-0.15, -0.1) is 0 Å². The standard InChI is InChI=1S/C13H18N4O.2C2H6/c1-8-9(2)17(7-12(18)16-8)10(3)11-5-4-6-15-13(11)14;2*1-2/h4-6,10H,7H2,1-3H3,(H2,14,15)(H,16,18);2*1-2H3. The molecule has 1 aliphatic rings. The molecule has 1 aliphatic heterocycles. The lowest BCUT2D eigenvalue weighted by atomic mass is 10.1. The Morgan fingerprint density at radius 2 is 1.86 bits per heavy atom. The molecule has 1 atom stereocenters. The SMILES string of the molecule is CC.CC.CC1=C(C)N(C(C)c2cccnc2N)CC(=O)N1. The molecule has 0 saturated heterocycles. The number of amides is 1. The summed E-state index contributed by atoms with van der Waals surface area (Å²) in [6, 6.07) is 3.83. The fraction of sp³-hybridized carbons (Fsp3) is 0.529. The van der Waals surface area contributed by atoms with Gasteiger partial charge >= 0.3 is 0 Å². The van der Waals surface area contributed by atoms with Gasteiger partial charge in [0, 0.05) is 23.2 Å². The Labute approximate surface area is 134 Å². The number of nitrogens with one attached hydrogen (secondary N) is 1. The number of carbonyl (C=O) groups excluding carboxylic acids is 1. The fourth-order valence-electron chi connectivity index (χ4n) is 2.21. The number of carbonyl (C=O) groups is 1. The van der Waals surface area contributed by atoms with Crippen LogP contribution in [0.25, 0.3) is 0 Å². The first-order chi connectivity index (χ1) is 10.5. The van der Waals surface area contributed by atoms with Crippen LogP contribution in [0.4, 0.5) is 5.82 Å². The average molecular weight is 306 g/mol. The Balaban J connectivity index is 0.00000102. The fourth-order valence-corrected chi connectivity index (χ4v) is 2.21. The zero-order valence-electron chi connectivity index (χ0n) is 14.9. The van der Waals surface area contributed by atoms with E-state index in [0.29, 0.717) is 12.4 Å². The Kier molecular flexibility index (Phi) is 8.91. The lowest BCUT2D eigenvalue weighted by Crippen LogP contribution is -2.43. The first-order valence-electron chi connectivity index (χ1n) is 7.95. The molecular formula is C17H30N4O. The number of nitrogens with two attached hydrogens (primary N) is 1. The molecule has 0 saturated carbocycles. The molecule has 2 rings (SSSR count). The molecule has 5 nitrogen and oxygen atoms in total. The number of pyridine rings is 1. The van der Waals surface area contributed by atoms with Gasteiger partial charge in [-0.3, -0.25) is 4.79 Å². The van der Waals surface area contributed by atoms with Crippen molar-refractivity contribution in [2.45, 2.75) is 54.5 Å².